The zero-order chi connectivity index (χ0) is 22.7. The van der Waals surface area contributed by atoms with Gasteiger partial charge in [-0.1, -0.05) is 19.0 Å². The molecule has 2 amide bonds. The van der Waals surface area contributed by atoms with Crippen LogP contribution >= 0.6 is 0 Å². The quantitative estimate of drug-likeness (QED) is 0.422. The summed E-state index contributed by atoms with van der Waals surface area (Å²) in [5.74, 6) is 0.117. The van der Waals surface area contributed by atoms with Gasteiger partial charge in [0.1, 0.15) is 11.5 Å². The van der Waals surface area contributed by atoms with Gasteiger partial charge in [-0.3, -0.25) is 25.3 Å². The van der Waals surface area contributed by atoms with Crippen LogP contribution in [0.15, 0.2) is 50.0 Å². The summed E-state index contributed by atoms with van der Waals surface area (Å²) in [7, 11) is 0. The number of furan rings is 2. The van der Waals surface area contributed by atoms with Crippen LogP contribution in [0.2, 0.25) is 0 Å². The molecule has 0 unspecified atom stereocenters. The van der Waals surface area contributed by atoms with Gasteiger partial charge in [-0.15, -0.1) is 0 Å². The number of hydrogen-bond acceptors (Lipinski definition) is 8. The van der Waals surface area contributed by atoms with E-state index in [1.54, 1.807) is 37.3 Å². The molecule has 0 aliphatic carbocycles. The second-order valence-corrected chi connectivity index (χ2v) is 7.12. The number of hydrazine groups is 1. The number of fused-ring (bicyclic) bond motifs is 1. The van der Waals surface area contributed by atoms with E-state index in [1.807, 2.05) is 0 Å². The zero-order valence-corrected chi connectivity index (χ0v) is 18.0. The van der Waals surface area contributed by atoms with E-state index >= 15 is 0 Å². The maximum absolute atomic E-state index is 12.9. The van der Waals surface area contributed by atoms with Crippen LogP contribution in [0.4, 0.5) is 0 Å². The van der Waals surface area contributed by atoms with Crippen molar-refractivity contribution in [2.24, 2.45) is 0 Å². The number of amides is 2. The summed E-state index contributed by atoms with van der Waals surface area (Å²) in [4.78, 5) is 31.9. The molecule has 0 spiro atoms. The molecule has 0 radical (unpaired) electrons. The van der Waals surface area contributed by atoms with Crippen LogP contribution in [0, 0.1) is 6.92 Å². The SMILES string of the molecule is CCN(CC)Cc1ccc(C(=O)NNC(=O)c2cc(-c3ccco3)nc3onc(C)c23)o1. The number of carbonyl (C=O) groups excluding carboxylic acids is 2. The molecular weight excluding hydrogens is 414 g/mol. The summed E-state index contributed by atoms with van der Waals surface area (Å²) in [6.07, 6.45) is 1.50. The van der Waals surface area contributed by atoms with Crippen LogP contribution in [0.3, 0.4) is 0 Å². The standard InChI is InChI=1S/C22H23N5O5/c1-4-27(5-2)12-14-8-9-18(31-14)21(29)25-24-20(28)15-11-16(17-7-6-10-30-17)23-22-19(15)13(3)26-32-22/h6-11H,4-5,12H2,1-3H3,(H,24,28)(H,25,29). The Bertz CT molecular complexity index is 1240. The van der Waals surface area contributed by atoms with Gasteiger partial charge in [0.2, 0.25) is 0 Å². The molecule has 4 rings (SSSR count). The Morgan fingerprint density at radius 2 is 1.88 bits per heavy atom. The number of rotatable bonds is 7. The lowest BCUT2D eigenvalue weighted by Gasteiger charge is -2.15. The van der Waals surface area contributed by atoms with Crippen molar-refractivity contribution < 1.29 is 22.9 Å². The van der Waals surface area contributed by atoms with Crippen molar-refractivity contribution in [2.45, 2.75) is 27.3 Å². The monoisotopic (exact) mass is 437 g/mol. The normalized spacial score (nSPS) is 11.2. The Hall–Kier alpha value is -3.92. The molecule has 32 heavy (non-hydrogen) atoms. The molecular formula is C22H23N5O5. The third kappa shape index (κ3) is 4.26. The van der Waals surface area contributed by atoms with Gasteiger partial charge in [-0.25, -0.2) is 4.98 Å². The van der Waals surface area contributed by atoms with Crippen molar-refractivity contribution in [2.75, 3.05) is 13.1 Å². The van der Waals surface area contributed by atoms with Gasteiger partial charge >= 0.3 is 5.91 Å². The first-order valence-electron chi connectivity index (χ1n) is 10.2. The Morgan fingerprint density at radius 3 is 2.59 bits per heavy atom. The Balaban J connectivity index is 1.50. The average Bonchev–Trinajstić information content (AvgIpc) is 3.56. The van der Waals surface area contributed by atoms with Gasteiger partial charge in [0.05, 0.1) is 29.5 Å². The number of hydrogen-bond donors (Lipinski definition) is 2. The number of nitrogens with one attached hydrogen (secondary N) is 2. The van der Waals surface area contributed by atoms with E-state index in [2.05, 4.69) is 39.7 Å². The van der Waals surface area contributed by atoms with E-state index < -0.39 is 11.8 Å². The maximum atomic E-state index is 12.9. The fraction of sp³-hybridized carbons (Fsp3) is 0.273. The van der Waals surface area contributed by atoms with Crippen molar-refractivity contribution in [3.8, 4) is 11.5 Å². The van der Waals surface area contributed by atoms with E-state index in [4.69, 9.17) is 13.4 Å². The summed E-state index contributed by atoms with van der Waals surface area (Å²) in [6, 6.07) is 8.31. The minimum absolute atomic E-state index is 0.102. The summed E-state index contributed by atoms with van der Waals surface area (Å²) in [5, 5.41) is 4.34. The van der Waals surface area contributed by atoms with Gasteiger partial charge in [0.25, 0.3) is 11.6 Å². The molecule has 2 N–H and O–H groups in total. The van der Waals surface area contributed by atoms with Crippen LogP contribution in [0.25, 0.3) is 22.6 Å². The Kier molecular flexibility index (Phi) is 6.04. The Labute approximate surface area is 183 Å². The highest BCUT2D eigenvalue weighted by Crippen LogP contribution is 2.27. The van der Waals surface area contributed by atoms with Crippen LogP contribution in [0.1, 0.15) is 46.2 Å². The first-order valence-corrected chi connectivity index (χ1v) is 10.2. The molecule has 0 atom stereocenters. The smallest absolute Gasteiger partial charge is 0.305 e. The lowest BCUT2D eigenvalue weighted by atomic mass is 10.1. The molecule has 10 nitrogen and oxygen atoms in total. The highest BCUT2D eigenvalue weighted by Gasteiger charge is 2.21. The predicted octanol–water partition coefficient (Wildman–Crippen LogP) is 3.30. The molecule has 0 fully saturated rings. The van der Waals surface area contributed by atoms with E-state index in [9.17, 15) is 9.59 Å². The van der Waals surface area contributed by atoms with Crippen molar-refractivity contribution in [1.29, 1.82) is 0 Å². The summed E-state index contributed by atoms with van der Waals surface area (Å²) < 4.78 is 16.2. The molecule has 4 heterocycles. The molecule has 0 bridgehead atoms. The van der Waals surface area contributed by atoms with Gasteiger partial charge in [-0.05, 0) is 50.3 Å². The lowest BCUT2D eigenvalue weighted by molar-refractivity contribution is 0.0829. The molecule has 0 saturated heterocycles. The summed E-state index contributed by atoms with van der Waals surface area (Å²) in [6.45, 7) is 8.16. The molecule has 0 aliphatic rings. The number of aryl methyl sites for hydroxylation is 1. The summed E-state index contributed by atoms with van der Waals surface area (Å²) >= 11 is 0. The van der Waals surface area contributed by atoms with Gasteiger partial charge < -0.3 is 13.4 Å². The molecule has 0 aliphatic heterocycles. The largest absolute Gasteiger partial charge is 0.463 e. The van der Waals surface area contributed by atoms with Gasteiger partial charge in [0, 0.05) is 0 Å². The number of pyridine rings is 1. The topological polar surface area (TPSA) is 127 Å². The number of nitrogens with zero attached hydrogens (tertiary/aromatic N) is 3. The molecule has 10 heteroatoms. The highest BCUT2D eigenvalue weighted by molar-refractivity contribution is 6.07. The first-order chi connectivity index (χ1) is 15.5. The van der Waals surface area contributed by atoms with Crippen molar-refractivity contribution in [3.63, 3.8) is 0 Å². The molecule has 166 valence electrons. The minimum Gasteiger partial charge on any atom is -0.463 e. The number of carbonyl (C=O) groups is 2. The summed E-state index contributed by atoms with van der Waals surface area (Å²) in [5.41, 5.74) is 6.14. The zero-order valence-electron chi connectivity index (χ0n) is 18.0. The van der Waals surface area contributed by atoms with Crippen LogP contribution < -0.4 is 10.9 Å². The minimum atomic E-state index is -0.567. The van der Waals surface area contributed by atoms with E-state index in [1.165, 1.54) is 6.26 Å². The third-order valence-corrected chi connectivity index (χ3v) is 5.08. The second-order valence-electron chi connectivity index (χ2n) is 7.12. The van der Waals surface area contributed by atoms with Crippen molar-refractivity contribution in [3.05, 3.63) is 59.4 Å². The molecule has 4 aromatic heterocycles. The highest BCUT2D eigenvalue weighted by atomic mass is 16.5. The molecule has 0 aromatic carbocycles. The lowest BCUT2D eigenvalue weighted by Crippen LogP contribution is -2.41. The fourth-order valence-corrected chi connectivity index (χ4v) is 3.32. The average molecular weight is 437 g/mol. The molecule has 0 saturated carbocycles. The van der Waals surface area contributed by atoms with Crippen LogP contribution in [-0.2, 0) is 6.54 Å². The molecule has 4 aromatic rings. The van der Waals surface area contributed by atoms with Crippen LogP contribution in [0.5, 0.6) is 0 Å². The fourth-order valence-electron chi connectivity index (χ4n) is 3.32. The van der Waals surface area contributed by atoms with Crippen molar-refractivity contribution in [1.82, 2.24) is 25.9 Å². The maximum Gasteiger partial charge on any atom is 0.305 e. The van der Waals surface area contributed by atoms with Gasteiger partial charge in [-0.2, -0.15) is 0 Å². The van der Waals surface area contributed by atoms with Gasteiger partial charge in [0.15, 0.2) is 11.5 Å². The number of aromatic nitrogens is 2. The second kappa shape index (κ2) is 9.06. The van der Waals surface area contributed by atoms with Crippen molar-refractivity contribution >= 4 is 22.9 Å². The van der Waals surface area contributed by atoms with E-state index in [0.717, 1.165) is 13.1 Å². The Morgan fingerprint density at radius 1 is 1.09 bits per heavy atom. The van der Waals surface area contributed by atoms with Crippen LogP contribution in [-0.4, -0.2) is 39.9 Å². The predicted molar refractivity (Wildman–Crippen MR) is 115 cm³/mol. The first kappa shape index (κ1) is 21.3. The van der Waals surface area contributed by atoms with E-state index in [-0.39, 0.29) is 17.0 Å². The third-order valence-electron chi connectivity index (χ3n) is 5.08. The van der Waals surface area contributed by atoms with E-state index in [0.29, 0.717) is 34.8 Å².